The summed E-state index contributed by atoms with van der Waals surface area (Å²) in [5.74, 6) is 0. The molecule has 0 radical (unpaired) electrons. The number of aryl methyl sites for hydroxylation is 1. The Morgan fingerprint density at radius 1 is 1.15 bits per heavy atom. The number of hydrogen-bond donors (Lipinski definition) is 1. The zero-order chi connectivity index (χ0) is 14.1. The number of hydrogen-bond acceptors (Lipinski definition) is 2. The standard InChI is InChI=1S/C18H22N2/c1-13-5-3-7-16(11-13)14(2)20-10-9-15-6-4-8-18(19)17(15)12-20/h3-8,11,14H,9-10,12,19H2,1-2H3. The van der Waals surface area contributed by atoms with Gasteiger partial charge >= 0.3 is 0 Å². The van der Waals surface area contributed by atoms with Gasteiger partial charge in [-0.15, -0.1) is 0 Å². The SMILES string of the molecule is Cc1cccc(C(C)N2CCc3cccc(N)c3C2)c1. The molecular formula is C18H22N2. The second kappa shape index (κ2) is 5.29. The van der Waals surface area contributed by atoms with E-state index in [2.05, 4.69) is 55.1 Å². The van der Waals surface area contributed by atoms with Crippen LogP contribution in [0.3, 0.4) is 0 Å². The molecule has 2 aromatic rings. The van der Waals surface area contributed by atoms with Gasteiger partial charge in [-0.3, -0.25) is 4.90 Å². The molecule has 1 aliphatic heterocycles. The quantitative estimate of drug-likeness (QED) is 0.840. The number of fused-ring (bicyclic) bond motifs is 1. The molecule has 1 atom stereocenters. The topological polar surface area (TPSA) is 29.3 Å². The van der Waals surface area contributed by atoms with Gasteiger partial charge in [-0.05, 0) is 43.0 Å². The lowest BCUT2D eigenvalue weighted by Crippen LogP contribution is -2.33. The maximum Gasteiger partial charge on any atom is 0.0362 e. The highest BCUT2D eigenvalue weighted by Crippen LogP contribution is 2.30. The van der Waals surface area contributed by atoms with Gasteiger partial charge < -0.3 is 5.73 Å². The molecule has 2 heteroatoms. The first kappa shape index (κ1) is 13.2. The summed E-state index contributed by atoms with van der Waals surface area (Å²) in [6.45, 7) is 6.50. The van der Waals surface area contributed by atoms with Crippen LogP contribution < -0.4 is 5.73 Å². The van der Waals surface area contributed by atoms with Crippen molar-refractivity contribution in [3.8, 4) is 0 Å². The van der Waals surface area contributed by atoms with E-state index < -0.39 is 0 Å². The van der Waals surface area contributed by atoms with Crippen LogP contribution in [0.15, 0.2) is 42.5 Å². The summed E-state index contributed by atoms with van der Waals surface area (Å²) in [4.78, 5) is 2.52. The monoisotopic (exact) mass is 266 g/mol. The van der Waals surface area contributed by atoms with Crippen LogP contribution >= 0.6 is 0 Å². The summed E-state index contributed by atoms with van der Waals surface area (Å²) in [5.41, 5.74) is 12.5. The van der Waals surface area contributed by atoms with Crippen molar-refractivity contribution in [1.29, 1.82) is 0 Å². The van der Waals surface area contributed by atoms with E-state index in [1.54, 1.807) is 0 Å². The molecule has 2 N–H and O–H groups in total. The van der Waals surface area contributed by atoms with Crippen LogP contribution in [0, 0.1) is 6.92 Å². The minimum atomic E-state index is 0.433. The second-order valence-electron chi connectivity index (χ2n) is 5.80. The molecule has 1 aliphatic rings. The van der Waals surface area contributed by atoms with Gasteiger partial charge in [0.25, 0.3) is 0 Å². The van der Waals surface area contributed by atoms with Crippen LogP contribution in [-0.4, -0.2) is 11.4 Å². The Hall–Kier alpha value is -1.80. The van der Waals surface area contributed by atoms with Gasteiger partial charge in [-0.25, -0.2) is 0 Å². The zero-order valence-corrected chi connectivity index (χ0v) is 12.3. The maximum atomic E-state index is 6.14. The second-order valence-corrected chi connectivity index (χ2v) is 5.80. The van der Waals surface area contributed by atoms with Crippen molar-refractivity contribution in [3.63, 3.8) is 0 Å². The van der Waals surface area contributed by atoms with Crippen LogP contribution in [0.5, 0.6) is 0 Å². The summed E-state index contributed by atoms with van der Waals surface area (Å²) >= 11 is 0. The lowest BCUT2D eigenvalue weighted by atomic mass is 9.95. The smallest absolute Gasteiger partial charge is 0.0362 e. The van der Waals surface area contributed by atoms with Crippen molar-refractivity contribution in [2.75, 3.05) is 12.3 Å². The van der Waals surface area contributed by atoms with E-state index in [9.17, 15) is 0 Å². The van der Waals surface area contributed by atoms with Crippen molar-refractivity contribution in [2.45, 2.75) is 32.9 Å². The van der Waals surface area contributed by atoms with E-state index in [0.29, 0.717) is 6.04 Å². The molecule has 0 saturated heterocycles. The average molecular weight is 266 g/mol. The highest BCUT2D eigenvalue weighted by Gasteiger charge is 2.22. The lowest BCUT2D eigenvalue weighted by molar-refractivity contribution is 0.192. The van der Waals surface area contributed by atoms with Crippen LogP contribution in [-0.2, 0) is 13.0 Å². The van der Waals surface area contributed by atoms with Crippen molar-refractivity contribution in [2.24, 2.45) is 0 Å². The molecule has 0 bridgehead atoms. The Bertz CT molecular complexity index is 619. The number of nitrogen functional groups attached to an aromatic ring is 1. The van der Waals surface area contributed by atoms with E-state index in [4.69, 9.17) is 5.73 Å². The molecule has 0 spiro atoms. The molecule has 1 unspecified atom stereocenters. The fraction of sp³-hybridized carbons (Fsp3) is 0.333. The molecule has 20 heavy (non-hydrogen) atoms. The molecular weight excluding hydrogens is 244 g/mol. The van der Waals surface area contributed by atoms with Gasteiger partial charge in [-0.2, -0.15) is 0 Å². The summed E-state index contributed by atoms with van der Waals surface area (Å²) in [6.07, 6.45) is 1.09. The molecule has 0 aromatic heterocycles. The highest BCUT2D eigenvalue weighted by molar-refractivity contribution is 5.51. The minimum Gasteiger partial charge on any atom is -0.398 e. The van der Waals surface area contributed by atoms with E-state index in [1.807, 2.05) is 6.07 Å². The molecule has 2 nitrogen and oxygen atoms in total. The van der Waals surface area contributed by atoms with E-state index in [0.717, 1.165) is 25.2 Å². The average Bonchev–Trinajstić information content (AvgIpc) is 2.47. The number of benzene rings is 2. The number of rotatable bonds is 2. The van der Waals surface area contributed by atoms with Gasteiger partial charge in [0.1, 0.15) is 0 Å². The van der Waals surface area contributed by atoms with Gasteiger partial charge in [0.15, 0.2) is 0 Å². The van der Waals surface area contributed by atoms with Gasteiger partial charge in [0.05, 0.1) is 0 Å². The Labute approximate surface area is 121 Å². The van der Waals surface area contributed by atoms with Crippen molar-refractivity contribution >= 4 is 5.69 Å². The Balaban J connectivity index is 1.85. The third-order valence-electron chi connectivity index (χ3n) is 4.41. The van der Waals surface area contributed by atoms with Crippen LogP contribution in [0.4, 0.5) is 5.69 Å². The fourth-order valence-corrected chi connectivity index (χ4v) is 3.10. The zero-order valence-electron chi connectivity index (χ0n) is 12.3. The predicted molar refractivity (Wildman–Crippen MR) is 84.6 cm³/mol. The first-order chi connectivity index (χ1) is 9.65. The van der Waals surface area contributed by atoms with E-state index >= 15 is 0 Å². The summed E-state index contributed by atoms with van der Waals surface area (Å²) in [5, 5.41) is 0. The molecule has 104 valence electrons. The van der Waals surface area contributed by atoms with Crippen LogP contribution in [0.1, 0.15) is 35.2 Å². The maximum absolute atomic E-state index is 6.14. The summed E-state index contributed by atoms with van der Waals surface area (Å²) in [7, 11) is 0. The van der Waals surface area contributed by atoms with Crippen molar-refractivity contribution < 1.29 is 0 Å². The Morgan fingerprint density at radius 2 is 1.95 bits per heavy atom. The lowest BCUT2D eigenvalue weighted by Gasteiger charge is -2.34. The Morgan fingerprint density at radius 3 is 2.75 bits per heavy atom. The summed E-state index contributed by atoms with van der Waals surface area (Å²) in [6, 6.07) is 15.5. The minimum absolute atomic E-state index is 0.433. The van der Waals surface area contributed by atoms with Crippen LogP contribution in [0.25, 0.3) is 0 Å². The first-order valence-electron chi connectivity index (χ1n) is 7.32. The first-order valence-corrected chi connectivity index (χ1v) is 7.32. The molecule has 2 aromatic carbocycles. The normalized spacial score (nSPS) is 16.7. The number of nitrogens with zero attached hydrogens (tertiary/aromatic N) is 1. The summed E-state index contributed by atoms with van der Waals surface area (Å²) < 4.78 is 0. The van der Waals surface area contributed by atoms with Crippen LogP contribution in [0.2, 0.25) is 0 Å². The van der Waals surface area contributed by atoms with Crippen molar-refractivity contribution in [3.05, 3.63) is 64.7 Å². The largest absolute Gasteiger partial charge is 0.398 e. The van der Waals surface area contributed by atoms with Crippen molar-refractivity contribution in [1.82, 2.24) is 4.90 Å². The molecule has 1 heterocycles. The predicted octanol–water partition coefficient (Wildman–Crippen LogP) is 3.70. The molecule has 0 aliphatic carbocycles. The van der Waals surface area contributed by atoms with Gasteiger partial charge in [-0.1, -0.05) is 42.0 Å². The van der Waals surface area contributed by atoms with Gasteiger partial charge in [0.2, 0.25) is 0 Å². The molecule has 0 saturated carbocycles. The third kappa shape index (κ3) is 2.44. The van der Waals surface area contributed by atoms with E-state index in [-0.39, 0.29) is 0 Å². The molecule has 0 amide bonds. The van der Waals surface area contributed by atoms with Gasteiger partial charge in [0, 0.05) is 24.8 Å². The highest BCUT2D eigenvalue weighted by atomic mass is 15.2. The Kier molecular flexibility index (Phi) is 3.49. The number of nitrogens with two attached hydrogens (primary N) is 1. The number of anilines is 1. The third-order valence-corrected chi connectivity index (χ3v) is 4.41. The fourth-order valence-electron chi connectivity index (χ4n) is 3.10. The van der Waals surface area contributed by atoms with E-state index in [1.165, 1.54) is 22.3 Å². The molecule has 0 fully saturated rings. The molecule has 3 rings (SSSR count).